The van der Waals surface area contributed by atoms with Crippen LogP contribution in [0.1, 0.15) is 36.7 Å². The summed E-state index contributed by atoms with van der Waals surface area (Å²) in [5.74, 6) is 0.668. The van der Waals surface area contributed by atoms with Gasteiger partial charge in [0.2, 0.25) is 0 Å². The van der Waals surface area contributed by atoms with Crippen LogP contribution in [0, 0.1) is 6.92 Å². The highest BCUT2D eigenvalue weighted by molar-refractivity contribution is 8.00. The Morgan fingerprint density at radius 2 is 1.59 bits per heavy atom. The highest BCUT2D eigenvalue weighted by Gasteiger charge is 2.14. The van der Waals surface area contributed by atoms with Gasteiger partial charge < -0.3 is 5.32 Å². The molecule has 0 atom stereocenters. The molecule has 146 valence electrons. The second-order valence-electron chi connectivity index (χ2n) is 7.21. The van der Waals surface area contributed by atoms with E-state index < -0.39 is 10.0 Å². The van der Waals surface area contributed by atoms with Crippen molar-refractivity contribution in [1.29, 1.82) is 0 Å². The Hall–Kier alpha value is -1.99. The van der Waals surface area contributed by atoms with E-state index >= 15 is 0 Å². The van der Waals surface area contributed by atoms with Crippen LogP contribution in [0.3, 0.4) is 0 Å². The molecular formula is C20H26N2O3S2. The highest BCUT2D eigenvalue weighted by atomic mass is 32.2. The number of amides is 1. The van der Waals surface area contributed by atoms with Crippen LogP contribution in [0.15, 0.2) is 53.4 Å². The maximum Gasteiger partial charge on any atom is 0.261 e. The molecule has 0 aromatic heterocycles. The van der Waals surface area contributed by atoms with Crippen LogP contribution in [-0.4, -0.2) is 31.4 Å². The molecule has 2 N–H and O–H groups in total. The van der Waals surface area contributed by atoms with Crippen molar-refractivity contribution in [2.24, 2.45) is 0 Å². The van der Waals surface area contributed by atoms with E-state index in [0.29, 0.717) is 17.8 Å². The molecule has 0 bridgehead atoms. The Balaban J connectivity index is 1.94. The van der Waals surface area contributed by atoms with Gasteiger partial charge in [0.15, 0.2) is 0 Å². The first-order valence-corrected chi connectivity index (χ1v) is 11.2. The van der Waals surface area contributed by atoms with Gasteiger partial charge in [-0.25, -0.2) is 8.42 Å². The fourth-order valence-electron chi connectivity index (χ4n) is 2.24. The predicted molar refractivity (Wildman–Crippen MR) is 113 cm³/mol. The highest BCUT2D eigenvalue weighted by Crippen LogP contribution is 2.22. The summed E-state index contributed by atoms with van der Waals surface area (Å²) in [6.45, 7) is 8.89. The number of aryl methyl sites for hydroxylation is 1. The van der Waals surface area contributed by atoms with Crippen LogP contribution in [0.5, 0.6) is 0 Å². The maximum absolute atomic E-state index is 12.4. The molecule has 27 heavy (non-hydrogen) atoms. The third-order valence-electron chi connectivity index (χ3n) is 3.65. The van der Waals surface area contributed by atoms with Gasteiger partial charge in [0.05, 0.1) is 4.90 Å². The summed E-state index contributed by atoms with van der Waals surface area (Å²) in [7, 11) is -3.65. The zero-order valence-corrected chi connectivity index (χ0v) is 17.7. The molecule has 0 aliphatic heterocycles. The summed E-state index contributed by atoms with van der Waals surface area (Å²) < 4.78 is 27.5. The minimum absolute atomic E-state index is 0.168. The van der Waals surface area contributed by atoms with Crippen LogP contribution in [0.4, 0.5) is 5.69 Å². The number of thioether (sulfide) groups is 1. The Kier molecular flexibility index (Phi) is 6.95. The lowest BCUT2D eigenvalue weighted by molar-refractivity contribution is 0.0956. The molecule has 2 aromatic rings. The van der Waals surface area contributed by atoms with E-state index in [0.717, 1.165) is 11.3 Å². The van der Waals surface area contributed by atoms with Gasteiger partial charge in [-0.3, -0.25) is 9.52 Å². The lowest BCUT2D eigenvalue weighted by Gasteiger charge is -2.17. The van der Waals surface area contributed by atoms with Crippen molar-refractivity contribution >= 4 is 33.4 Å². The van der Waals surface area contributed by atoms with Crippen molar-refractivity contribution in [2.75, 3.05) is 17.0 Å². The quantitative estimate of drug-likeness (QED) is 0.680. The largest absolute Gasteiger partial charge is 0.351 e. The Morgan fingerprint density at radius 1 is 1.00 bits per heavy atom. The summed E-state index contributed by atoms with van der Waals surface area (Å²) in [6, 6.07) is 13.0. The predicted octanol–water partition coefficient (Wildman–Crippen LogP) is 4.06. The smallest absolute Gasteiger partial charge is 0.261 e. The third kappa shape index (κ3) is 6.92. The Bertz CT molecular complexity index is 869. The molecule has 0 aliphatic rings. The van der Waals surface area contributed by atoms with Crippen LogP contribution in [0.2, 0.25) is 0 Å². The van der Waals surface area contributed by atoms with Crippen LogP contribution in [-0.2, 0) is 10.0 Å². The van der Waals surface area contributed by atoms with Gasteiger partial charge in [-0.05, 0) is 43.3 Å². The van der Waals surface area contributed by atoms with Crippen molar-refractivity contribution in [1.82, 2.24) is 5.32 Å². The lowest BCUT2D eigenvalue weighted by Crippen LogP contribution is -2.26. The van der Waals surface area contributed by atoms with Crippen LogP contribution in [0.25, 0.3) is 0 Å². The molecule has 5 nitrogen and oxygen atoms in total. The first kappa shape index (κ1) is 21.3. The molecule has 0 saturated heterocycles. The van der Waals surface area contributed by atoms with E-state index in [4.69, 9.17) is 0 Å². The molecule has 1 amide bonds. The zero-order chi connectivity index (χ0) is 20.1. The number of hydrogen-bond acceptors (Lipinski definition) is 4. The molecule has 0 saturated carbocycles. The van der Waals surface area contributed by atoms with Crippen molar-refractivity contribution < 1.29 is 13.2 Å². The first-order valence-electron chi connectivity index (χ1n) is 8.68. The number of carbonyl (C=O) groups excluding carboxylic acids is 1. The van der Waals surface area contributed by atoms with Crippen LogP contribution < -0.4 is 10.0 Å². The number of sulfonamides is 1. The summed E-state index contributed by atoms with van der Waals surface area (Å²) in [6.07, 6.45) is 0. The average Bonchev–Trinajstić information content (AvgIpc) is 2.58. The SMILES string of the molecule is Cc1ccc(S(=O)(=O)Nc2ccc(C(=O)NCCSC(C)(C)C)cc2)cc1. The van der Waals surface area contributed by atoms with Gasteiger partial charge in [0.1, 0.15) is 0 Å². The minimum atomic E-state index is -3.65. The van der Waals surface area contributed by atoms with E-state index in [-0.39, 0.29) is 15.5 Å². The molecule has 2 aromatic carbocycles. The number of hydrogen-bond donors (Lipinski definition) is 2. The summed E-state index contributed by atoms with van der Waals surface area (Å²) in [4.78, 5) is 12.4. The van der Waals surface area contributed by atoms with Crippen molar-refractivity contribution in [3.63, 3.8) is 0 Å². The summed E-state index contributed by atoms with van der Waals surface area (Å²) in [5.41, 5.74) is 1.90. The average molecular weight is 407 g/mol. The normalized spacial score (nSPS) is 11.9. The fourth-order valence-corrected chi connectivity index (χ4v) is 4.12. The molecule has 0 spiro atoms. The Labute approximate surface area is 166 Å². The maximum atomic E-state index is 12.4. The zero-order valence-electron chi connectivity index (χ0n) is 16.1. The van der Waals surface area contributed by atoms with Gasteiger partial charge in [0, 0.05) is 28.3 Å². The van der Waals surface area contributed by atoms with Crippen molar-refractivity contribution in [2.45, 2.75) is 37.3 Å². The molecule has 2 rings (SSSR count). The first-order chi connectivity index (χ1) is 12.6. The number of rotatable bonds is 7. The van der Waals surface area contributed by atoms with Gasteiger partial charge in [-0.1, -0.05) is 38.5 Å². The van der Waals surface area contributed by atoms with E-state index in [1.54, 1.807) is 60.3 Å². The fraction of sp³-hybridized carbons (Fsp3) is 0.350. The Morgan fingerprint density at radius 3 is 2.15 bits per heavy atom. The molecule has 0 heterocycles. The number of carbonyl (C=O) groups is 1. The van der Waals surface area contributed by atoms with E-state index in [1.807, 2.05) is 6.92 Å². The summed E-state index contributed by atoms with van der Waals surface area (Å²) in [5, 5.41) is 2.87. The number of anilines is 1. The van der Waals surface area contributed by atoms with Gasteiger partial charge in [-0.2, -0.15) is 11.8 Å². The molecule has 0 radical (unpaired) electrons. The van der Waals surface area contributed by atoms with Gasteiger partial charge in [0.25, 0.3) is 15.9 Å². The molecule has 7 heteroatoms. The second kappa shape index (κ2) is 8.80. The van der Waals surface area contributed by atoms with E-state index in [9.17, 15) is 13.2 Å². The third-order valence-corrected chi connectivity index (χ3v) is 6.32. The molecular weight excluding hydrogens is 380 g/mol. The molecule has 0 fully saturated rings. The molecule has 0 aliphatic carbocycles. The monoisotopic (exact) mass is 406 g/mol. The second-order valence-corrected chi connectivity index (χ2v) is 10.8. The van der Waals surface area contributed by atoms with Crippen molar-refractivity contribution in [3.8, 4) is 0 Å². The van der Waals surface area contributed by atoms with E-state index in [2.05, 4.69) is 30.8 Å². The lowest BCUT2D eigenvalue weighted by atomic mass is 10.2. The van der Waals surface area contributed by atoms with E-state index in [1.165, 1.54) is 0 Å². The van der Waals surface area contributed by atoms with Gasteiger partial charge in [-0.15, -0.1) is 0 Å². The van der Waals surface area contributed by atoms with Gasteiger partial charge >= 0.3 is 0 Å². The molecule has 0 unspecified atom stereocenters. The number of nitrogens with one attached hydrogen (secondary N) is 2. The standard InChI is InChI=1S/C20H26N2O3S2/c1-15-5-11-18(12-6-15)27(24,25)22-17-9-7-16(8-10-17)19(23)21-13-14-26-20(2,3)4/h5-12,22H,13-14H2,1-4H3,(H,21,23). The summed E-state index contributed by atoms with van der Waals surface area (Å²) >= 11 is 1.79. The number of benzene rings is 2. The van der Waals surface area contributed by atoms with Crippen molar-refractivity contribution in [3.05, 3.63) is 59.7 Å². The topological polar surface area (TPSA) is 75.3 Å². The minimum Gasteiger partial charge on any atom is -0.351 e. The van der Waals surface area contributed by atoms with Crippen LogP contribution >= 0.6 is 11.8 Å².